The number of likely N-dealkylation sites (tertiary alicyclic amines) is 1. The van der Waals surface area contributed by atoms with Crippen LogP contribution in [0.5, 0.6) is 0 Å². The van der Waals surface area contributed by atoms with Crippen LogP contribution < -0.4 is 5.32 Å². The van der Waals surface area contributed by atoms with Gasteiger partial charge in [-0.05, 0) is 48.2 Å². The van der Waals surface area contributed by atoms with E-state index < -0.39 is 0 Å². The van der Waals surface area contributed by atoms with Gasteiger partial charge in [0, 0.05) is 23.7 Å². The maximum Gasteiger partial charge on any atom is 0.256 e. The van der Waals surface area contributed by atoms with Crippen molar-refractivity contribution in [3.63, 3.8) is 0 Å². The van der Waals surface area contributed by atoms with E-state index in [1.54, 1.807) is 24.3 Å². The van der Waals surface area contributed by atoms with Crippen LogP contribution in [0.2, 0.25) is 5.02 Å². The van der Waals surface area contributed by atoms with E-state index in [9.17, 15) is 9.59 Å². The first kappa shape index (κ1) is 20.9. The molecule has 1 heterocycles. The Hall–Kier alpha value is -3.37. The number of hydrogen-bond donors (Lipinski definition) is 1. The lowest BCUT2D eigenvalue weighted by atomic mass is 10.0. The predicted octanol–water partition coefficient (Wildman–Crippen LogP) is 5.76. The number of amides is 2. The van der Waals surface area contributed by atoms with Crippen LogP contribution in [0.15, 0.2) is 78.9 Å². The van der Waals surface area contributed by atoms with Crippen LogP contribution >= 0.6 is 11.6 Å². The lowest BCUT2D eigenvalue weighted by Crippen LogP contribution is -2.28. The van der Waals surface area contributed by atoms with Crippen molar-refractivity contribution < 1.29 is 9.59 Å². The van der Waals surface area contributed by atoms with Gasteiger partial charge in [0.15, 0.2) is 0 Å². The molecule has 31 heavy (non-hydrogen) atoms. The summed E-state index contributed by atoms with van der Waals surface area (Å²) in [6, 6.07) is 24.0. The van der Waals surface area contributed by atoms with Gasteiger partial charge in [0.2, 0.25) is 0 Å². The third-order valence-electron chi connectivity index (χ3n) is 5.33. The van der Waals surface area contributed by atoms with Crippen LogP contribution in [0.25, 0.3) is 11.6 Å². The van der Waals surface area contributed by atoms with Crippen molar-refractivity contribution in [2.45, 2.75) is 12.8 Å². The van der Waals surface area contributed by atoms with E-state index in [1.807, 2.05) is 65.6 Å². The van der Waals surface area contributed by atoms with Crippen molar-refractivity contribution in [2.24, 2.45) is 0 Å². The third-order valence-corrected chi connectivity index (χ3v) is 5.68. The third kappa shape index (κ3) is 4.86. The second-order valence-corrected chi connectivity index (χ2v) is 7.85. The lowest BCUT2D eigenvalue weighted by molar-refractivity contribution is -0.111. The second-order valence-electron chi connectivity index (χ2n) is 7.44. The molecule has 0 spiro atoms. The summed E-state index contributed by atoms with van der Waals surface area (Å²) < 4.78 is 0. The highest BCUT2D eigenvalue weighted by Gasteiger charge is 2.23. The molecule has 1 aliphatic rings. The first-order valence-electron chi connectivity index (χ1n) is 10.3. The van der Waals surface area contributed by atoms with E-state index in [0.717, 1.165) is 37.1 Å². The molecule has 1 saturated heterocycles. The summed E-state index contributed by atoms with van der Waals surface area (Å²) in [7, 11) is 0. The van der Waals surface area contributed by atoms with Crippen LogP contribution in [-0.4, -0.2) is 29.8 Å². The fourth-order valence-electron chi connectivity index (χ4n) is 3.70. The van der Waals surface area contributed by atoms with Crippen molar-refractivity contribution in [1.82, 2.24) is 4.90 Å². The molecule has 0 aromatic heterocycles. The maximum absolute atomic E-state index is 13.4. The summed E-state index contributed by atoms with van der Waals surface area (Å²) in [5.41, 5.74) is 2.99. The van der Waals surface area contributed by atoms with E-state index in [4.69, 9.17) is 11.6 Å². The molecular weight excluding hydrogens is 408 g/mol. The number of carbonyl (C=O) groups is 2. The van der Waals surface area contributed by atoms with Crippen LogP contribution in [0.3, 0.4) is 0 Å². The summed E-state index contributed by atoms with van der Waals surface area (Å²) in [5.74, 6) is -0.350. The molecule has 1 aliphatic heterocycles. The van der Waals surface area contributed by atoms with Crippen molar-refractivity contribution in [3.05, 3.63) is 101 Å². The van der Waals surface area contributed by atoms with Gasteiger partial charge >= 0.3 is 0 Å². The Balaban J connectivity index is 1.68. The van der Waals surface area contributed by atoms with Gasteiger partial charge in [0.25, 0.3) is 11.8 Å². The fraction of sp³-hybridized carbons (Fsp3) is 0.154. The van der Waals surface area contributed by atoms with Crippen LogP contribution in [-0.2, 0) is 4.79 Å². The monoisotopic (exact) mass is 430 g/mol. The Morgan fingerprint density at radius 1 is 0.839 bits per heavy atom. The fourth-order valence-corrected chi connectivity index (χ4v) is 3.89. The molecule has 0 saturated carbocycles. The number of nitrogens with zero attached hydrogens (tertiary/aromatic N) is 1. The molecule has 3 aromatic carbocycles. The lowest BCUT2D eigenvalue weighted by Gasteiger charge is -2.18. The Morgan fingerprint density at radius 2 is 1.48 bits per heavy atom. The highest BCUT2D eigenvalue weighted by Crippen LogP contribution is 2.26. The van der Waals surface area contributed by atoms with Crippen LogP contribution in [0, 0.1) is 0 Å². The molecule has 4 nitrogen and oxygen atoms in total. The van der Waals surface area contributed by atoms with E-state index in [-0.39, 0.29) is 11.8 Å². The number of anilines is 1. The van der Waals surface area contributed by atoms with Crippen molar-refractivity contribution in [3.8, 4) is 0 Å². The van der Waals surface area contributed by atoms with Crippen molar-refractivity contribution in [1.29, 1.82) is 0 Å². The van der Waals surface area contributed by atoms with Gasteiger partial charge in [0.1, 0.15) is 0 Å². The second kappa shape index (κ2) is 9.63. The summed E-state index contributed by atoms with van der Waals surface area (Å²) in [4.78, 5) is 28.2. The maximum atomic E-state index is 13.4. The standard InChI is InChI=1S/C26H23ClN2O2/c27-23-14-6-4-12-20(23)18-22(19-10-2-1-3-11-19)25(30)28-24-15-7-5-13-21(24)26(31)29-16-8-9-17-29/h1-7,10-15,18H,8-9,16-17H2,(H,28,30)/b22-18+. The molecule has 1 N–H and O–H groups in total. The number of carbonyl (C=O) groups excluding carboxylic acids is 2. The first-order valence-corrected chi connectivity index (χ1v) is 10.7. The molecule has 0 aliphatic carbocycles. The van der Waals surface area contributed by atoms with Crippen molar-refractivity contribution in [2.75, 3.05) is 18.4 Å². The molecular formula is C26H23ClN2O2. The minimum atomic E-state index is -0.298. The largest absolute Gasteiger partial charge is 0.339 e. The number of para-hydroxylation sites is 1. The molecule has 0 radical (unpaired) electrons. The Bertz CT molecular complexity index is 1120. The van der Waals surface area contributed by atoms with E-state index in [1.165, 1.54) is 0 Å². The van der Waals surface area contributed by atoms with Gasteiger partial charge in [-0.2, -0.15) is 0 Å². The molecule has 4 rings (SSSR count). The Morgan fingerprint density at radius 3 is 2.23 bits per heavy atom. The van der Waals surface area contributed by atoms with Crippen molar-refractivity contribution >= 4 is 40.8 Å². The van der Waals surface area contributed by atoms with Gasteiger partial charge in [-0.1, -0.05) is 72.3 Å². The molecule has 156 valence electrons. The Kier molecular flexibility index (Phi) is 6.48. The normalized spacial score (nSPS) is 13.8. The smallest absolute Gasteiger partial charge is 0.256 e. The Labute approximate surface area is 187 Å². The van der Waals surface area contributed by atoms with Crippen LogP contribution in [0.4, 0.5) is 5.69 Å². The quantitative estimate of drug-likeness (QED) is 0.413. The van der Waals surface area contributed by atoms with Gasteiger partial charge in [-0.3, -0.25) is 9.59 Å². The van der Waals surface area contributed by atoms with Gasteiger partial charge in [0.05, 0.1) is 11.3 Å². The minimum absolute atomic E-state index is 0.0512. The number of nitrogens with one attached hydrogen (secondary N) is 1. The first-order chi connectivity index (χ1) is 15.1. The number of rotatable bonds is 5. The average molecular weight is 431 g/mol. The van der Waals surface area contributed by atoms with Gasteiger partial charge in [-0.25, -0.2) is 0 Å². The molecule has 0 atom stereocenters. The molecule has 2 amide bonds. The highest BCUT2D eigenvalue weighted by atomic mass is 35.5. The molecule has 0 bridgehead atoms. The topological polar surface area (TPSA) is 49.4 Å². The van der Waals surface area contributed by atoms with E-state index >= 15 is 0 Å². The predicted molar refractivity (Wildman–Crippen MR) is 126 cm³/mol. The minimum Gasteiger partial charge on any atom is -0.339 e. The zero-order valence-electron chi connectivity index (χ0n) is 17.1. The SMILES string of the molecule is O=C(Nc1ccccc1C(=O)N1CCCC1)/C(=C/c1ccccc1Cl)c1ccccc1. The summed E-state index contributed by atoms with van der Waals surface area (Å²) in [5, 5.41) is 3.52. The number of benzene rings is 3. The summed E-state index contributed by atoms with van der Waals surface area (Å²) in [6.07, 6.45) is 3.80. The average Bonchev–Trinajstić information content (AvgIpc) is 3.34. The zero-order chi connectivity index (χ0) is 21.6. The molecule has 1 fully saturated rings. The van der Waals surface area contributed by atoms with Gasteiger partial charge in [-0.15, -0.1) is 0 Å². The van der Waals surface area contributed by atoms with Crippen LogP contribution in [0.1, 0.15) is 34.3 Å². The molecule has 5 heteroatoms. The summed E-state index contributed by atoms with van der Waals surface area (Å²) in [6.45, 7) is 1.51. The molecule has 3 aromatic rings. The van der Waals surface area contributed by atoms with E-state index in [0.29, 0.717) is 21.8 Å². The zero-order valence-corrected chi connectivity index (χ0v) is 17.8. The number of halogens is 1. The molecule has 0 unspecified atom stereocenters. The highest BCUT2D eigenvalue weighted by molar-refractivity contribution is 6.34. The number of hydrogen-bond acceptors (Lipinski definition) is 2. The van der Waals surface area contributed by atoms with Gasteiger partial charge < -0.3 is 10.2 Å². The van der Waals surface area contributed by atoms with E-state index in [2.05, 4.69) is 5.32 Å². The summed E-state index contributed by atoms with van der Waals surface area (Å²) >= 11 is 6.33.